The second-order valence-corrected chi connectivity index (χ2v) is 6.28. The van der Waals surface area contributed by atoms with Gasteiger partial charge in [0.05, 0.1) is 5.97 Å². The van der Waals surface area contributed by atoms with Crippen molar-refractivity contribution in [3.63, 3.8) is 0 Å². The molecule has 0 aliphatic rings. The molecule has 0 aromatic heterocycles. The van der Waals surface area contributed by atoms with Crippen molar-refractivity contribution in [3.05, 3.63) is 0 Å². The van der Waals surface area contributed by atoms with Gasteiger partial charge in [-0.25, -0.2) is 0 Å². The van der Waals surface area contributed by atoms with Crippen molar-refractivity contribution in [2.45, 2.75) is 38.5 Å². The smallest absolute Gasteiger partial charge is 0.870 e. The minimum absolute atomic E-state index is 0. The summed E-state index contributed by atoms with van der Waals surface area (Å²) in [4.78, 5) is 31.6. The maximum absolute atomic E-state index is 11.5. The van der Waals surface area contributed by atoms with Gasteiger partial charge in [-0.15, -0.1) is 5.75 Å². The normalized spacial score (nSPS) is 8.91. The fraction of sp³-hybridized carbons (Fsp3) is 0.769. The van der Waals surface area contributed by atoms with E-state index in [0.717, 1.165) is 37.2 Å². The summed E-state index contributed by atoms with van der Waals surface area (Å²) in [5, 5.41) is 10.1. The Bertz CT molecular complexity index is 281. The molecule has 0 aromatic rings. The third kappa shape index (κ3) is 26.4. The van der Waals surface area contributed by atoms with Gasteiger partial charge in [-0.05, 0) is 37.2 Å². The molecule has 9 heteroatoms. The van der Waals surface area contributed by atoms with Gasteiger partial charge in [0.25, 0.3) is 0 Å². The summed E-state index contributed by atoms with van der Waals surface area (Å²) >= 11 is 2.88. The molecule has 118 valence electrons. The quantitative estimate of drug-likeness (QED) is 0.172. The van der Waals surface area contributed by atoms with Crippen LogP contribution >= 0.6 is 23.5 Å². The van der Waals surface area contributed by atoms with Gasteiger partial charge in [-0.3, -0.25) is 11.1 Å². The predicted octanol–water partition coefficient (Wildman–Crippen LogP) is -4.95. The Morgan fingerprint density at radius 1 is 0.909 bits per heavy atom. The molecule has 0 aromatic carbocycles. The largest absolute Gasteiger partial charge is 1.00 e. The molecule has 0 spiro atoms. The van der Waals surface area contributed by atoms with Crippen LogP contribution < -0.4 is 64.2 Å². The molecule has 0 amide bonds. The van der Waals surface area contributed by atoms with Crippen LogP contribution in [0.5, 0.6) is 0 Å². The molecular formula is C13H21Na2O5S2-. The molecule has 0 fully saturated rings. The number of ketones is 1. The number of unbranched alkanes of at least 4 members (excludes halogenated alkanes) is 2. The molecule has 22 heavy (non-hydrogen) atoms. The Kier molecular flexibility index (Phi) is 35.1. The van der Waals surface area contributed by atoms with Gasteiger partial charge in [0.2, 0.25) is 0 Å². The van der Waals surface area contributed by atoms with Crippen molar-refractivity contribution in [2.75, 3.05) is 23.0 Å². The molecule has 0 bridgehead atoms. The van der Waals surface area contributed by atoms with E-state index in [-0.39, 0.29) is 76.1 Å². The van der Waals surface area contributed by atoms with Gasteiger partial charge in [0.15, 0.2) is 0 Å². The zero-order valence-corrected chi connectivity index (χ0v) is 19.1. The van der Waals surface area contributed by atoms with Gasteiger partial charge in [0, 0.05) is 18.6 Å². The molecule has 1 N–H and O–H groups in total. The minimum atomic E-state index is -1.04. The van der Waals surface area contributed by atoms with Crippen LogP contribution in [-0.4, -0.2) is 46.5 Å². The number of carboxylic acids is 1. The standard InChI is InChI=1S/C13H21O4S2.2Na.H2O/c14-7-10-18-8-3-1-5-12(15)6-2-4-9-19-11-13(16)17;;;/h1-6,8-11H2,(H,16,17);;;1H2/q-1;2*+1;/p-2. The van der Waals surface area contributed by atoms with Gasteiger partial charge >= 0.3 is 59.1 Å². The first-order chi connectivity index (χ1) is 9.16. The zero-order valence-electron chi connectivity index (χ0n) is 13.5. The van der Waals surface area contributed by atoms with Gasteiger partial charge in [0.1, 0.15) is 5.78 Å². The summed E-state index contributed by atoms with van der Waals surface area (Å²) in [7, 11) is 0. The van der Waals surface area contributed by atoms with E-state index >= 15 is 0 Å². The predicted molar refractivity (Wildman–Crippen MR) is 80.0 cm³/mol. The summed E-state index contributed by atoms with van der Waals surface area (Å²) in [6.45, 7) is 0. The second-order valence-electron chi connectivity index (χ2n) is 4.07. The molecule has 0 aliphatic heterocycles. The van der Waals surface area contributed by atoms with Crippen LogP contribution in [0.3, 0.4) is 0 Å². The maximum atomic E-state index is 11.5. The summed E-state index contributed by atoms with van der Waals surface area (Å²) in [5.41, 5.74) is 0. The van der Waals surface area contributed by atoms with Gasteiger partial charge < -0.3 is 20.2 Å². The SMILES string of the molecule is O=[C-]CSCCCCC(=O)CCCCSCC(=O)[O-].[Na+].[Na+].[OH-]. The number of thioether (sulfide) groups is 2. The van der Waals surface area contributed by atoms with Crippen molar-refractivity contribution >= 4 is 41.6 Å². The number of hydrogen-bond donors (Lipinski definition) is 0. The Hall–Kier alpha value is 1.47. The molecule has 0 saturated heterocycles. The average molecular weight is 367 g/mol. The Morgan fingerprint density at radius 2 is 1.41 bits per heavy atom. The minimum Gasteiger partial charge on any atom is -0.870 e. The van der Waals surface area contributed by atoms with Gasteiger partial charge in [-0.1, -0.05) is 0 Å². The third-order valence-corrected chi connectivity index (χ3v) is 4.29. The molecule has 0 rings (SSSR count). The fourth-order valence-corrected chi connectivity index (χ4v) is 2.80. The first-order valence-corrected chi connectivity index (χ1v) is 8.69. The fourth-order valence-electron chi connectivity index (χ4n) is 1.45. The summed E-state index contributed by atoms with van der Waals surface area (Å²) in [6, 6.07) is 0. The molecule has 5 nitrogen and oxygen atoms in total. The van der Waals surface area contributed by atoms with Crippen LogP contribution in [0.25, 0.3) is 0 Å². The van der Waals surface area contributed by atoms with Crippen LogP contribution in [0.1, 0.15) is 38.5 Å². The molecule has 0 aliphatic carbocycles. The van der Waals surface area contributed by atoms with Crippen molar-refractivity contribution in [1.82, 2.24) is 0 Å². The summed E-state index contributed by atoms with van der Waals surface area (Å²) < 4.78 is 0. The van der Waals surface area contributed by atoms with E-state index in [9.17, 15) is 19.5 Å². The number of aliphatic carboxylic acids is 1. The van der Waals surface area contributed by atoms with E-state index in [1.165, 1.54) is 11.8 Å². The second kappa shape index (κ2) is 24.7. The molecule has 0 saturated carbocycles. The average Bonchev–Trinajstić information content (AvgIpc) is 2.37. The van der Waals surface area contributed by atoms with Crippen LogP contribution in [0, 0.1) is 0 Å². The Morgan fingerprint density at radius 3 is 1.86 bits per heavy atom. The number of carboxylic acid groups (broad SMARTS) is 1. The third-order valence-electron chi connectivity index (χ3n) is 2.37. The molecule has 0 radical (unpaired) electrons. The summed E-state index contributed by atoms with van der Waals surface area (Å²) in [6.07, 6.45) is 6.55. The van der Waals surface area contributed by atoms with Crippen LogP contribution in [0.15, 0.2) is 0 Å². The van der Waals surface area contributed by atoms with Crippen LogP contribution in [0.2, 0.25) is 0 Å². The number of hydrogen-bond acceptors (Lipinski definition) is 7. The molecule has 0 unspecified atom stereocenters. The van der Waals surface area contributed by atoms with Crippen LogP contribution in [-0.2, 0) is 14.4 Å². The van der Waals surface area contributed by atoms with Gasteiger partial charge in [-0.2, -0.15) is 23.5 Å². The van der Waals surface area contributed by atoms with Crippen LogP contribution in [0.4, 0.5) is 0 Å². The maximum Gasteiger partial charge on any atom is 1.00 e. The Labute approximate surface area is 185 Å². The van der Waals surface area contributed by atoms with E-state index in [1.54, 1.807) is 11.8 Å². The van der Waals surface area contributed by atoms with E-state index < -0.39 is 5.97 Å². The van der Waals surface area contributed by atoms with E-state index in [4.69, 9.17) is 0 Å². The Balaban J connectivity index is -0.000000540. The van der Waals surface area contributed by atoms with E-state index in [0.29, 0.717) is 18.6 Å². The molecular weight excluding hydrogens is 346 g/mol. The monoisotopic (exact) mass is 367 g/mol. The first-order valence-electron chi connectivity index (χ1n) is 6.39. The first kappa shape index (κ1) is 31.3. The summed E-state index contributed by atoms with van der Waals surface area (Å²) in [5.74, 6) is 1.35. The van der Waals surface area contributed by atoms with Crippen molar-refractivity contribution in [2.24, 2.45) is 0 Å². The number of carbonyl (C=O) groups is 2. The topological polar surface area (TPSA) is 104 Å². The zero-order chi connectivity index (χ0) is 14.3. The van der Waals surface area contributed by atoms with Crippen molar-refractivity contribution in [3.8, 4) is 0 Å². The van der Waals surface area contributed by atoms with Crippen molar-refractivity contribution < 1.29 is 84.1 Å². The van der Waals surface area contributed by atoms with E-state index in [1.807, 2.05) is 6.29 Å². The number of carbonyl (C=O) groups excluding carboxylic acids is 3. The number of rotatable bonds is 14. The molecule has 0 heterocycles. The number of Topliss-reactive ketones (excluding diaryl/α,β-unsaturated/α-hetero) is 1. The molecule has 0 atom stereocenters. The van der Waals surface area contributed by atoms with Crippen molar-refractivity contribution in [1.29, 1.82) is 0 Å². The van der Waals surface area contributed by atoms with E-state index in [2.05, 4.69) is 0 Å².